The average Bonchev–Trinajstić information content (AvgIpc) is 2.83. The lowest BCUT2D eigenvalue weighted by molar-refractivity contribution is 0.115. The van der Waals surface area contributed by atoms with Crippen molar-refractivity contribution in [2.45, 2.75) is 0 Å². The van der Waals surface area contributed by atoms with E-state index in [4.69, 9.17) is 10.1 Å². The predicted octanol–water partition coefficient (Wildman–Crippen LogP) is -0.687. The lowest BCUT2D eigenvalue weighted by Gasteiger charge is -2.27. The zero-order valence-corrected chi connectivity index (χ0v) is 9.05. The summed E-state index contributed by atoms with van der Waals surface area (Å²) in [5.41, 5.74) is 0.806. The van der Waals surface area contributed by atoms with E-state index in [1.165, 1.54) is 6.33 Å². The first kappa shape index (κ1) is 10.1. The van der Waals surface area contributed by atoms with Gasteiger partial charge in [-0.1, -0.05) is 0 Å². The zero-order chi connectivity index (χ0) is 11.8. The van der Waals surface area contributed by atoms with Crippen LogP contribution in [-0.2, 0) is 4.74 Å². The topological polar surface area (TPSA) is 103 Å². The molecule has 1 saturated heterocycles. The Kier molecular flexibility index (Phi) is 2.22. The minimum Gasteiger partial charge on any atom is -0.423 e. The molecule has 0 aliphatic carbocycles. The van der Waals surface area contributed by atoms with E-state index >= 15 is 0 Å². The predicted molar refractivity (Wildman–Crippen MR) is 57.9 cm³/mol. The van der Waals surface area contributed by atoms with Gasteiger partial charge in [0.25, 0.3) is 0 Å². The molecule has 90 valence electrons. The smallest absolute Gasteiger partial charge is 0.243 e. The molecule has 0 aromatic carbocycles. The highest BCUT2D eigenvalue weighted by molar-refractivity contribution is 5.69. The standard InChI is InChI=1S/C9H12N6O2/c10-7-6-8(12-5-11-6)13-9(15(7)16)14-1-3-17-4-2-14/h5,10,16H,1-4H2,(H,11,12). The average molecular weight is 236 g/mol. The summed E-state index contributed by atoms with van der Waals surface area (Å²) in [5.74, 6) is 0.331. The minimum absolute atomic E-state index is 0.0472. The first-order valence-electron chi connectivity index (χ1n) is 5.30. The molecule has 0 atom stereocenters. The second-order valence-corrected chi connectivity index (χ2v) is 3.77. The van der Waals surface area contributed by atoms with Gasteiger partial charge in [-0.15, -0.1) is 4.73 Å². The third kappa shape index (κ3) is 1.53. The largest absolute Gasteiger partial charge is 0.423 e. The highest BCUT2D eigenvalue weighted by atomic mass is 16.5. The number of nitrogens with zero attached hydrogens (tertiary/aromatic N) is 4. The van der Waals surface area contributed by atoms with Gasteiger partial charge >= 0.3 is 0 Å². The molecular formula is C9H12N6O2. The van der Waals surface area contributed by atoms with Crippen LogP contribution in [0.5, 0.6) is 0 Å². The SMILES string of the molecule is N=c1c2[nH]cnc2nc(N2CCOCC2)n1O. The number of hydrogen-bond acceptors (Lipinski definition) is 6. The summed E-state index contributed by atoms with van der Waals surface area (Å²) in [4.78, 5) is 12.9. The highest BCUT2D eigenvalue weighted by Crippen LogP contribution is 2.12. The maximum absolute atomic E-state index is 9.90. The maximum Gasteiger partial charge on any atom is 0.243 e. The molecule has 2 aromatic rings. The fraction of sp³-hybridized carbons (Fsp3) is 0.444. The Labute approximate surface area is 96.0 Å². The quantitative estimate of drug-likeness (QED) is 0.569. The van der Waals surface area contributed by atoms with Crippen molar-refractivity contribution in [1.82, 2.24) is 19.7 Å². The molecule has 0 bridgehead atoms. The summed E-state index contributed by atoms with van der Waals surface area (Å²) in [6, 6.07) is 0. The summed E-state index contributed by atoms with van der Waals surface area (Å²) >= 11 is 0. The van der Waals surface area contributed by atoms with Gasteiger partial charge in [-0.3, -0.25) is 5.41 Å². The third-order valence-electron chi connectivity index (χ3n) is 2.76. The van der Waals surface area contributed by atoms with Crippen molar-refractivity contribution in [3.05, 3.63) is 11.8 Å². The van der Waals surface area contributed by atoms with Gasteiger partial charge in [0.05, 0.1) is 19.5 Å². The number of anilines is 1. The second-order valence-electron chi connectivity index (χ2n) is 3.77. The minimum atomic E-state index is -0.0472. The van der Waals surface area contributed by atoms with E-state index in [1.807, 2.05) is 4.90 Å². The lowest BCUT2D eigenvalue weighted by Crippen LogP contribution is -2.40. The van der Waals surface area contributed by atoms with Gasteiger partial charge in [0.2, 0.25) is 5.95 Å². The molecule has 0 amide bonds. The van der Waals surface area contributed by atoms with Gasteiger partial charge in [0, 0.05) is 13.1 Å². The van der Waals surface area contributed by atoms with E-state index in [-0.39, 0.29) is 5.49 Å². The Morgan fingerprint density at radius 3 is 2.94 bits per heavy atom. The number of nitrogens with one attached hydrogen (secondary N) is 2. The highest BCUT2D eigenvalue weighted by Gasteiger charge is 2.18. The van der Waals surface area contributed by atoms with E-state index < -0.39 is 0 Å². The van der Waals surface area contributed by atoms with Crippen LogP contribution < -0.4 is 10.4 Å². The van der Waals surface area contributed by atoms with E-state index in [0.717, 1.165) is 4.73 Å². The molecule has 8 nitrogen and oxygen atoms in total. The Bertz CT molecular complexity index is 597. The Balaban J connectivity index is 2.15. The molecule has 1 aliphatic rings. The van der Waals surface area contributed by atoms with Crippen LogP contribution in [0.3, 0.4) is 0 Å². The monoisotopic (exact) mass is 236 g/mol. The zero-order valence-electron chi connectivity index (χ0n) is 9.05. The first-order chi connectivity index (χ1) is 8.27. The molecule has 1 fully saturated rings. The molecule has 0 saturated carbocycles. The molecule has 3 N–H and O–H groups in total. The van der Waals surface area contributed by atoms with Crippen molar-refractivity contribution in [2.75, 3.05) is 31.2 Å². The third-order valence-corrected chi connectivity index (χ3v) is 2.76. The van der Waals surface area contributed by atoms with Gasteiger partial charge in [-0.05, 0) is 0 Å². The molecule has 17 heavy (non-hydrogen) atoms. The Morgan fingerprint density at radius 1 is 1.41 bits per heavy atom. The number of fused-ring (bicyclic) bond motifs is 1. The fourth-order valence-corrected chi connectivity index (χ4v) is 1.86. The molecule has 3 heterocycles. The van der Waals surface area contributed by atoms with Crippen molar-refractivity contribution in [3.63, 3.8) is 0 Å². The normalized spacial score (nSPS) is 16.6. The number of morpholine rings is 1. The molecule has 8 heteroatoms. The van der Waals surface area contributed by atoms with Crippen LogP contribution >= 0.6 is 0 Å². The second kappa shape index (κ2) is 3.74. The number of ether oxygens (including phenoxy) is 1. The lowest BCUT2D eigenvalue weighted by atomic mass is 10.4. The van der Waals surface area contributed by atoms with Crippen LogP contribution in [0.1, 0.15) is 0 Å². The number of hydrogen-bond donors (Lipinski definition) is 3. The number of rotatable bonds is 1. The fourth-order valence-electron chi connectivity index (χ4n) is 1.86. The van der Waals surface area contributed by atoms with Gasteiger partial charge in [-0.25, -0.2) is 4.98 Å². The summed E-state index contributed by atoms with van der Waals surface area (Å²) in [7, 11) is 0. The van der Waals surface area contributed by atoms with Crippen molar-refractivity contribution in [1.29, 1.82) is 5.41 Å². The van der Waals surface area contributed by atoms with Gasteiger partial charge in [0.1, 0.15) is 5.52 Å². The number of imidazole rings is 1. The Hall–Kier alpha value is -2.09. The number of aromatic amines is 1. The van der Waals surface area contributed by atoms with E-state index in [2.05, 4.69) is 15.0 Å². The molecule has 2 aromatic heterocycles. The Morgan fingerprint density at radius 2 is 2.18 bits per heavy atom. The van der Waals surface area contributed by atoms with Crippen molar-refractivity contribution >= 4 is 17.1 Å². The van der Waals surface area contributed by atoms with Gasteiger partial charge in [-0.2, -0.15) is 4.98 Å². The van der Waals surface area contributed by atoms with Gasteiger partial charge in [0.15, 0.2) is 11.1 Å². The van der Waals surface area contributed by atoms with Crippen molar-refractivity contribution in [2.24, 2.45) is 0 Å². The van der Waals surface area contributed by atoms with Crippen LogP contribution in [0, 0.1) is 5.41 Å². The molecule has 3 rings (SSSR count). The maximum atomic E-state index is 9.90. The van der Waals surface area contributed by atoms with Crippen molar-refractivity contribution < 1.29 is 9.94 Å². The van der Waals surface area contributed by atoms with Crippen LogP contribution in [0.2, 0.25) is 0 Å². The molecule has 1 aliphatic heterocycles. The van der Waals surface area contributed by atoms with Crippen LogP contribution in [-0.4, -0.2) is 51.2 Å². The first-order valence-corrected chi connectivity index (χ1v) is 5.30. The molecular weight excluding hydrogens is 224 g/mol. The van der Waals surface area contributed by atoms with Crippen LogP contribution in [0.15, 0.2) is 6.33 Å². The molecule has 0 unspecified atom stereocenters. The van der Waals surface area contributed by atoms with Crippen LogP contribution in [0.25, 0.3) is 11.2 Å². The van der Waals surface area contributed by atoms with E-state index in [1.54, 1.807) is 0 Å². The number of aromatic nitrogens is 4. The summed E-state index contributed by atoms with van der Waals surface area (Å²) in [5, 5.41) is 17.7. The summed E-state index contributed by atoms with van der Waals surface area (Å²) < 4.78 is 6.00. The van der Waals surface area contributed by atoms with Crippen molar-refractivity contribution in [3.8, 4) is 0 Å². The molecule has 0 radical (unpaired) electrons. The van der Waals surface area contributed by atoms with E-state index in [0.29, 0.717) is 43.4 Å². The number of H-pyrrole nitrogens is 1. The van der Waals surface area contributed by atoms with Crippen LogP contribution in [0.4, 0.5) is 5.95 Å². The summed E-state index contributed by atoms with van der Waals surface area (Å²) in [6.07, 6.45) is 1.46. The van der Waals surface area contributed by atoms with E-state index in [9.17, 15) is 5.21 Å². The molecule has 0 spiro atoms. The van der Waals surface area contributed by atoms with Gasteiger partial charge < -0.3 is 19.8 Å². The summed E-state index contributed by atoms with van der Waals surface area (Å²) in [6.45, 7) is 2.47.